The van der Waals surface area contributed by atoms with E-state index in [1.54, 1.807) is 4.90 Å². The van der Waals surface area contributed by atoms with Gasteiger partial charge in [-0.25, -0.2) is 0 Å². The third-order valence-corrected chi connectivity index (χ3v) is 2.59. The van der Waals surface area contributed by atoms with Crippen molar-refractivity contribution in [3.05, 3.63) is 0 Å². The lowest BCUT2D eigenvalue weighted by Gasteiger charge is -2.23. The normalized spacial score (nSPS) is 19.9. The van der Waals surface area contributed by atoms with E-state index in [0.29, 0.717) is 19.4 Å². The first-order chi connectivity index (χ1) is 7.15. The minimum atomic E-state index is -0.850. The van der Waals surface area contributed by atoms with Crippen LogP contribution >= 0.6 is 0 Å². The molecule has 0 aromatic heterocycles. The summed E-state index contributed by atoms with van der Waals surface area (Å²) in [5.74, 6) is 1.55. The van der Waals surface area contributed by atoms with Crippen molar-refractivity contribution in [3.63, 3.8) is 0 Å². The van der Waals surface area contributed by atoms with Gasteiger partial charge in [0.15, 0.2) is 0 Å². The number of hydrogen-bond donors (Lipinski definition) is 1. The molecular formula is C11H15NO3. The van der Waals surface area contributed by atoms with Crippen LogP contribution in [0.4, 0.5) is 0 Å². The van der Waals surface area contributed by atoms with E-state index >= 15 is 0 Å². The number of carboxylic acids is 1. The Morgan fingerprint density at radius 3 is 2.87 bits per heavy atom. The third kappa shape index (κ3) is 3.28. The van der Waals surface area contributed by atoms with E-state index in [9.17, 15) is 9.59 Å². The van der Waals surface area contributed by atoms with Crippen LogP contribution in [-0.4, -0.2) is 34.5 Å². The van der Waals surface area contributed by atoms with Crippen molar-refractivity contribution < 1.29 is 14.7 Å². The monoisotopic (exact) mass is 209 g/mol. The SMILES string of the molecule is C#CCCC(=O)N1CCCC1CC(=O)O. The topological polar surface area (TPSA) is 57.6 Å². The number of amides is 1. The van der Waals surface area contributed by atoms with E-state index in [2.05, 4.69) is 5.92 Å². The number of carbonyl (C=O) groups excluding carboxylic acids is 1. The lowest BCUT2D eigenvalue weighted by molar-refractivity contribution is -0.139. The molecule has 82 valence electrons. The van der Waals surface area contributed by atoms with Gasteiger partial charge in [-0.2, -0.15) is 0 Å². The van der Waals surface area contributed by atoms with Gasteiger partial charge in [-0.1, -0.05) is 0 Å². The predicted molar refractivity (Wildman–Crippen MR) is 55.1 cm³/mol. The summed E-state index contributed by atoms with van der Waals surface area (Å²) in [4.78, 5) is 23.9. The van der Waals surface area contributed by atoms with Crippen molar-refractivity contribution in [2.45, 2.75) is 38.1 Å². The molecule has 1 aliphatic rings. The minimum absolute atomic E-state index is 0.0169. The molecule has 1 unspecified atom stereocenters. The fourth-order valence-corrected chi connectivity index (χ4v) is 1.90. The Morgan fingerprint density at radius 2 is 2.27 bits per heavy atom. The minimum Gasteiger partial charge on any atom is -0.481 e. The van der Waals surface area contributed by atoms with Gasteiger partial charge in [-0.05, 0) is 12.8 Å². The number of carboxylic acid groups (broad SMARTS) is 1. The molecule has 1 atom stereocenters. The molecule has 15 heavy (non-hydrogen) atoms. The van der Waals surface area contributed by atoms with Gasteiger partial charge in [-0.15, -0.1) is 12.3 Å². The lowest BCUT2D eigenvalue weighted by Crippen LogP contribution is -2.36. The second-order valence-electron chi connectivity index (χ2n) is 3.69. The number of carbonyl (C=O) groups is 2. The predicted octanol–water partition coefficient (Wildman–Crippen LogP) is 0.865. The van der Waals surface area contributed by atoms with E-state index in [4.69, 9.17) is 11.5 Å². The van der Waals surface area contributed by atoms with Gasteiger partial charge in [0, 0.05) is 25.4 Å². The maximum absolute atomic E-state index is 11.6. The molecule has 1 fully saturated rings. The molecule has 0 saturated carbocycles. The standard InChI is InChI=1S/C11H15NO3/c1-2-3-6-10(13)12-7-4-5-9(12)8-11(14)15/h1,9H,3-8H2,(H,14,15). The van der Waals surface area contributed by atoms with Crippen LogP contribution in [0.1, 0.15) is 32.1 Å². The highest BCUT2D eigenvalue weighted by molar-refractivity contribution is 5.78. The van der Waals surface area contributed by atoms with E-state index in [-0.39, 0.29) is 18.4 Å². The van der Waals surface area contributed by atoms with E-state index in [1.807, 2.05) is 0 Å². The Labute approximate surface area is 89.3 Å². The zero-order valence-corrected chi connectivity index (χ0v) is 8.61. The quantitative estimate of drug-likeness (QED) is 0.699. The molecule has 0 aromatic carbocycles. The molecule has 1 N–H and O–H groups in total. The van der Waals surface area contributed by atoms with E-state index < -0.39 is 5.97 Å². The van der Waals surface area contributed by atoms with E-state index in [0.717, 1.165) is 12.8 Å². The van der Waals surface area contributed by atoms with Gasteiger partial charge in [0.1, 0.15) is 0 Å². The molecule has 1 amide bonds. The number of aliphatic carboxylic acids is 1. The van der Waals surface area contributed by atoms with Crippen molar-refractivity contribution in [1.82, 2.24) is 4.90 Å². The maximum atomic E-state index is 11.6. The van der Waals surface area contributed by atoms with Crippen molar-refractivity contribution in [1.29, 1.82) is 0 Å². The largest absolute Gasteiger partial charge is 0.481 e. The first-order valence-electron chi connectivity index (χ1n) is 5.10. The van der Waals surface area contributed by atoms with Gasteiger partial charge in [0.2, 0.25) is 5.91 Å². The second-order valence-corrected chi connectivity index (χ2v) is 3.69. The number of likely N-dealkylation sites (tertiary alicyclic amines) is 1. The molecular weight excluding hydrogens is 194 g/mol. The van der Waals surface area contributed by atoms with Gasteiger partial charge in [0.25, 0.3) is 0 Å². The summed E-state index contributed by atoms with van der Waals surface area (Å²) in [5.41, 5.74) is 0. The third-order valence-electron chi connectivity index (χ3n) is 2.59. The molecule has 0 aromatic rings. The van der Waals surface area contributed by atoms with Gasteiger partial charge in [-0.3, -0.25) is 9.59 Å². The van der Waals surface area contributed by atoms with Crippen molar-refractivity contribution in [2.24, 2.45) is 0 Å². The lowest BCUT2D eigenvalue weighted by atomic mass is 10.1. The number of hydrogen-bond acceptors (Lipinski definition) is 2. The fraction of sp³-hybridized carbons (Fsp3) is 0.636. The molecule has 1 aliphatic heterocycles. The summed E-state index contributed by atoms with van der Waals surface area (Å²) in [7, 11) is 0. The maximum Gasteiger partial charge on any atom is 0.305 e. The molecule has 1 heterocycles. The highest BCUT2D eigenvalue weighted by atomic mass is 16.4. The summed E-state index contributed by atoms with van der Waals surface area (Å²) in [5, 5.41) is 8.68. The zero-order chi connectivity index (χ0) is 11.3. The van der Waals surface area contributed by atoms with Crippen molar-refractivity contribution in [3.8, 4) is 12.3 Å². The fourth-order valence-electron chi connectivity index (χ4n) is 1.90. The number of rotatable bonds is 4. The van der Waals surface area contributed by atoms with Crippen LogP contribution in [0, 0.1) is 12.3 Å². The Hall–Kier alpha value is -1.50. The van der Waals surface area contributed by atoms with Gasteiger partial charge in [0.05, 0.1) is 6.42 Å². The van der Waals surface area contributed by atoms with Crippen molar-refractivity contribution >= 4 is 11.9 Å². The first kappa shape index (κ1) is 11.6. The second kappa shape index (κ2) is 5.40. The van der Waals surface area contributed by atoms with Crippen molar-refractivity contribution in [2.75, 3.05) is 6.54 Å². The van der Waals surface area contributed by atoms with Crippen LogP contribution in [0.15, 0.2) is 0 Å². The average Bonchev–Trinajstić information content (AvgIpc) is 2.61. The van der Waals surface area contributed by atoms with Crippen LogP contribution in [0.2, 0.25) is 0 Å². The highest BCUT2D eigenvalue weighted by Gasteiger charge is 2.29. The molecule has 0 aliphatic carbocycles. The molecule has 0 radical (unpaired) electrons. The van der Waals surface area contributed by atoms with Crippen LogP contribution in [-0.2, 0) is 9.59 Å². The summed E-state index contributed by atoms with van der Waals surface area (Å²) in [6.45, 7) is 0.668. The van der Waals surface area contributed by atoms with Crippen LogP contribution in [0.3, 0.4) is 0 Å². The summed E-state index contributed by atoms with van der Waals surface area (Å²) < 4.78 is 0. The van der Waals surface area contributed by atoms with Crippen LogP contribution < -0.4 is 0 Å². The molecule has 0 bridgehead atoms. The van der Waals surface area contributed by atoms with Crippen LogP contribution in [0.5, 0.6) is 0 Å². The summed E-state index contributed by atoms with van der Waals surface area (Å²) in [6.07, 6.45) is 7.55. The summed E-state index contributed by atoms with van der Waals surface area (Å²) in [6, 6.07) is -0.132. The number of nitrogens with zero attached hydrogens (tertiary/aromatic N) is 1. The average molecular weight is 209 g/mol. The molecule has 1 saturated heterocycles. The van der Waals surface area contributed by atoms with Crippen LogP contribution in [0.25, 0.3) is 0 Å². The Kier molecular flexibility index (Phi) is 4.17. The Balaban J connectivity index is 2.49. The smallest absolute Gasteiger partial charge is 0.305 e. The first-order valence-corrected chi connectivity index (χ1v) is 5.10. The Morgan fingerprint density at radius 1 is 1.53 bits per heavy atom. The van der Waals surface area contributed by atoms with Gasteiger partial charge < -0.3 is 10.0 Å². The molecule has 4 nitrogen and oxygen atoms in total. The summed E-state index contributed by atoms with van der Waals surface area (Å²) >= 11 is 0. The highest BCUT2D eigenvalue weighted by Crippen LogP contribution is 2.21. The van der Waals surface area contributed by atoms with E-state index in [1.165, 1.54) is 0 Å². The molecule has 0 spiro atoms. The molecule has 1 rings (SSSR count). The zero-order valence-electron chi connectivity index (χ0n) is 8.61. The molecule has 4 heteroatoms. The van der Waals surface area contributed by atoms with Gasteiger partial charge >= 0.3 is 5.97 Å². The Bertz CT molecular complexity index is 293. The number of terminal acetylenes is 1.